The van der Waals surface area contributed by atoms with Gasteiger partial charge in [0.25, 0.3) is 0 Å². The van der Waals surface area contributed by atoms with E-state index in [1.54, 1.807) is 0 Å². The fourth-order valence-corrected chi connectivity index (χ4v) is 2.12. The van der Waals surface area contributed by atoms with Crippen molar-refractivity contribution in [1.29, 1.82) is 0 Å². The minimum absolute atomic E-state index is 0.460. The summed E-state index contributed by atoms with van der Waals surface area (Å²) in [6, 6.07) is 0.460. The number of unbranched alkanes of at least 4 members (excludes halogenated alkanes) is 1. The van der Waals surface area contributed by atoms with Crippen molar-refractivity contribution in [2.45, 2.75) is 65.1 Å². The quantitative estimate of drug-likeness (QED) is 0.580. The Kier molecular flexibility index (Phi) is 10.3. The Bertz CT molecular complexity index is 207. The van der Waals surface area contributed by atoms with E-state index in [9.17, 15) is 13.2 Å². The second-order valence-corrected chi connectivity index (χ2v) is 5.24. The molecule has 0 saturated carbocycles. The Morgan fingerprint density at radius 2 is 1.74 bits per heavy atom. The van der Waals surface area contributed by atoms with Gasteiger partial charge in [0.2, 0.25) is 0 Å². The summed E-state index contributed by atoms with van der Waals surface area (Å²) in [6.07, 6.45) is 0.659. The van der Waals surface area contributed by atoms with Crippen LogP contribution >= 0.6 is 0 Å². The molecule has 1 N–H and O–H groups in total. The third kappa shape index (κ3) is 12.5. The van der Waals surface area contributed by atoms with Crippen molar-refractivity contribution < 1.29 is 13.2 Å². The van der Waals surface area contributed by atoms with Crippen LogP contribution in [0.5, 0.6) is 0 Å². The molecule has 0 bridgehead atoms. The van der Waals surface area contributed by atoms with Gasteiger partial charge in [0, 0.05) is 6.04 Å². The minimum atomic E-state index is -4.08. The van der Waals surface area contributed by atoms with Crippen molar-refractivity contribution in [1.82, 2.24) is 10.2 Å². The first-order valence-electron chi connectivity index (χ1n) is 7.41. The summed E-state index contributed by atoms with van der Waals surface area (Å²) in [5.41, 5.74) is 0. The van der Waals surface area contributed by atoms with Crippen molar-refractivity contribution in [2.24, 2.45) is 0 Å². The van der Waals surface area contributed by atoms with E-state index in [1.807, 2.05) is 6.92 Å². The van der Waals surface area contributed by atoms with Gasteiger partial charge in [0.15, 0.2) is 0 Å². The summed E-state index contributed by atoms with van der Waals surface area (Å²) in [6.45, 7) is 7.49. The van der Waals surface area contributed by atoms with Gasteiger partial charge >= 0.3 is 6.18 Å². The zero-order valence-corrected chi connectivity index (χ0v) is 12.5. The molecule has 0 fully saturated rings. The molecule has 5 heteroatoms. The lowest BCUT2D eigenvalue weighted by atomic mass is 10.1. The van der Waals surface area contributed by atoms with E-state index in [0.717, 1.165) is 38.6 Å². The number of nitrogens with one attached hydrogen (secondary N) is 1. The minimum Gasteiger partial charge on any atom is -0.314 e. The average molecular weight is 282 g/mol. The standard InChI is InChI=1S/C14H29F3N2/c1-4-9-18-13(3)8-6-7-11-19(10-5-2)12-14(15,16)17/h13,18H,4-12H2,1-3H3. The molecular formula is C14H29F3N2. The van der Waals surface area contributed by atoms with Gasteiger partial charge in [-0.3, -0.25) is 4.90 Å². The van der Waals surface area contributed by atoms with Gasteiger partial charge < -0.3 is 5.32 Å². The molecule has 0 aromatic heterocycles. The van der Waals surface area contributed by atoms with Gasteiger partial charge in [-0.25, -0.2) is 0 Å². The van der Waals surface area contributed by atoms with E-state index in [4.69, 9.17) is 0 Å². The summed E-state index contributed by atoms with van der Waals surface area (Å²) < 4.78 is 37.1. The van der Waals surface area contributed by atoms with Gasteiger partial charge in [-0.05, 0) is 52.2 Å². The number of halogens is 3. The summed E-state index contributed by atoms with van der Waals surface area (Å²) in [5.74, 6) is 0. The summed E-state index contributed by atoms with van der Waals surface area (Å²) in [4.78, 5) is 1.52. The molecule has 1 unspecified atom stereocenters. The lowest BCUT2D eigenvalue weighted by molar-refractivity contribution is -0.146. The zero-order chi connectivity index (χ0) is 14.7. The first-order valence-corrected chi connectivity index (χ1v) is 7.41. The van der Waals surface area contributed by atoms with Crippen LogP contribution < -0.4 is 5.32 Å². The Balaban J connectivity index is 3.74. The maximum Gasteiger partial charge on any atom is 0.401 e. The number of alkyl halides is 3. The first kappa shape index (κ1) is 18.7. The molecule has 0 aromatic carbocycles. The number of nitrogens with zero attached hydrogens (tertiary/aromatic N) is 1. The molecule has 0 aliphatic carbocycles. The molecule has 116 valence electrons. The molecule has 1 atom stereocenters. The van der Waals surface area contributed by atoms with E-state index in [-0.39, 0.29) is 0 Å². The van der Waals surface area contributed by atoms with Gasteiger partial charge in [-0.15, -0.1) is 0 Å². The van der Waals surface area contributed by atoms with Crippen molar-refractivity contribution in [3.8, 4) is 0 Å². The molecule has 0 radical (unpaired) electrons. The topological polar surface area (TPSA) is 15.3 Å². The lowest BCUT2D eigenvalue weighted by Gasteiger charge is -2.23. The smallest absolute Gasteiger partial charge is 0.314 e. The van der Waals surface area contributed by atoms with E-state index >= 15 is 0 Å². The monoisotopic (exact) mass is 282 g/mol. The molecule has 0 aliphatic heterocycles. The van der Waals surface area contributed by atoms with Crippen molar-refractivity contribution in [3.63, 3.8) is 0 Å². The fraction of sp³-hybridized carbons (Fsp3) is 1.00. The maximum atomic E-state index is 12.4. The normalized spacial score (nSPS) is 14.1. The molecule has 0 aromatic rings. The summed E-state index contributed by atoms with van der Waals surface area (Å²) >= 11 is 0. The van der Waals surface area contributed by atoms with Crippen LogP contribution in [0.4, 0.5) is 13.2 Å². The third-order valence-corrected chi connectivity index (χ3v) is 3.05. The Hall–Kier alpha value is -0.290. The predicted octanol–water partition coefficient (Wildman–Crippen LogP) is 3.82. The Morgan fingerprint density at radius 3 is 2.26 bits per heavy atom. The summed E-state index contributed by atoms with van der Waals surface area (Å²) in [7, 11) is 0. The number of hydrogen-bond donors (Lipinski definition) is 1. The average Bonchev–Trinajstić information content (AvgIpc) is 2.30. The van der Waals surface area contributed by atoms with Crippen molar-refractivity contribution >= 4 is 0 Å². The lowest BCUT2D eigenvalue weighted by Crippen LogP contribution is -2.35. The molecule has 19 heavy (non-hydrogen) atoms. The SMILES string of the molecule is CCCNC(C)CCCCN(CCC)CC(F)(F)F. The highest BCUT2D eigenvalue weighted by Crippen LogP contribution is 2.17. The van der Waals surface area contributed by atoms with Crippen LogP contribution in [0.2, 0.25) is 0 Å². The largest absolute Gasteiger partial charge is 0.401 e. The number of hydrogen-bond acceptors (Lipinski definition) is 2. The fourth-order valence-electron chi connectivity index (χ4n) is 2.12. The highest BCUT2D eigenvalue weighted by atomic mass is 19.4. The van der Waals surface area contributed by atoms with Crippen LogP contribution in [0, 0.1) is 0 Å². The van der Waals surface area contributed by atoms with E-state index < -0.39 is 12.7 Å². The molecule has 0 spiro atoms. The van der Waals surface area contributed by atoms with Crippen molar-refractivity contribution in [2.75, 3.05) is 26.2 Å². The van der Waals surface area contributed by atoms with E-state index in [0.29, 0.717) is 19.1 Å². The Labute approximate surface area is 115 Å². The first-order chi connectivity index (χ1) is 8.89. The van der Waals surface area contributed by atoms with Crippen LogP contribution in [0.25, 0.3) is 0 Å². The molecule has 2 nitrogen and oxygen atoms in total. The Morgan fingerprint density at radius 1 is 1.05 bits per heavy atom. The second-order valence-electron chi connectivity index (χ2n) is 5.24. The van der Waals surface area contributed by atoms with Crippen LogP contribution in [0.3, 0.4) is 0 Å². The van der Waals surface area contributed by atoms with Crippen LogP contribution in [0.15, 0.2) is 0 Å². The van der Waals surface area contributed by atoms with Crippen LogP contribution in [-0.4, -0.2) is 43.3 Å². The van der Waals surface area contributed by atoms with Gasteiger partial charge in [0.1, 0.15) is 0 Å². The van der Waals surface area contributed by atoms with Crippen LogP contribution in [0.1, 0.15) is 52.9 Å². The van der Waals surface area contributed by atoms with E-state index in [2.05, 4.69) is 19.2 Å². The molecular weight excluding hydrogens is 253 g/mol. The van der Waals surface area contributed by atoms with E-state index in [1.165, 1.54) is 4.90 Å². The predicted molar refractivity (Wildman–Crippen MR) is 74.4 cm³/mol. The highest BCUT2D eigenvalue weighted by molar-refractivity contribution is 4.65. The number of rotatable bonds is 11. The highest BCUT2D eigenvalue weighted by Gasteiger charge is 2.29. The van der Waals surface area contributed by atoms with Gasteiger partial charge in [-0.1, -0.05) is 20.3 Å². The third-order valence-electron chi connectivity index (χ3n) is 3.05. The van der Waals surface area contributed by atoms with Crippen LogP contribution in [-0.2, 0) is 0 Å². The second kappa shape index (κ2) is 10.5. The van der Waals surface area contributed by atoms with Gasteiger partial charge in [0.05, 0.1) is 6.54 Å². The zero-order valence-electron chi connectivity index (χ0n) is 12.5. The van der Waals surface area contributed by atoms with Crippen molar-refractivity contribution in [3.05, 3.63) is 0 Å². The molecule has 0 amide bonds. The maximum absolute atomic E-state index is 12.4. The van der Waals surface area contributed by atoms with Gasteiger partial charge in [-0.2, -0.15) is 13.2 Å². The molecule has 0 saturated heterocycles. The molecule has 0 rings (SSSR count). The molecule has 0 aliphatic rings. The summed E-state index contributed by atoms with van der Waals surface area (Å²) in [5, 5.41) is 3.39. The molecule has 0 heterocycles.